The lowest BCUT2D eigenvalue weighted by Crippen LogP contribution is -2.50. The van der Waals surface area contributed by atoms with E-state index in [1.54, 1.807) is 6.20 Å². The van der Waals surface area contributed by atoms with Crippen LogP contribution in [0.4, 0.5) is 16.2 Å². The molecule has 1 aliphatic heterocycles. The zero-order chi connectivity index (χ0) is 21.3. The second kappa shape index (κ2) is 8.18. The van der Waals surface area contributed by atoms with Crippen molar-refractivity contribution >= 4 is 17.4 Å². The Labute approximate surface area is 177 Å². The fourth-order valence-corrected chi connectivity index (χ4v) is 3.95. The number of benzene rings is 1. The van der Waals surface area contributed by atoms with Crippen LogP contribution in [0, 0.1) is 27.7 Å². The molecule has 0 spiro atoms. The highest BCUT2D eigenvalue weighted by Gasteiger charge is 2.25. The van der Waals surface area contributed by atoms with Gasteiger partial charge >= 0.3 is 6.03 Å². The SMILES string of the molecule is Cc1ccc(NC(=O)N2CCN(c3c(C)nn(-c4ccccn4)c3C)CC2)cc1C. The number of carbonyl (C=O) groups is 1. The molecule has 1 fully saturated rings. The van der Waals surface area contributed by atoms with Crippen LogP contribution in [0.3, 0.4) is 0 Å². The van der Waals surface area contributed by atoms with Crippen LogP contribution in [0.5, 0.6) is 0 Å². The number of amides is 2. The van der Waals surface area contributed by atoms with Crippen LogP contribution in [0.15, 0.2) is 42.6 Å². The normalized spacial score (nSPS) is 14.1. The average Bonchev–Trinajstić information content (AvgIpc) is 3.05. The fraction of sp³-hybridized carbons (Fsp3) is 0.348. The molecule has 2 aromatic heterocycles. The maximum absolute atomic E-state index is 12.7. The lowest BCUT2D eigenvalue weighted by molar-refractivity contribution is 0.208. The third-order valence-corrected chi connectivity index (χ3v) is 5.76. The van der Waals surface area contributed by atoms with Crippen molar-refractivity contribution < 1.29 is 4.79 Å². The zero-order valence-corrected chi connectivity index (χ0v) is 18.0. The van der Waals surface area contributed by atoms with Crippen LogP contribution < -0.4 is 10.2 Å². The summed E-state index contributed by atoms with van der Waals surface area (Å²) in [4.78, 5) is 21.3. The van der Waals surface area contributed by atoms with Crippen LogP contribution in [0.25, 0.3) is 5.82 Å². The van der Waals surface area contributed by atoms with Crippen LogP contribution in [-0.2, 0) is 0 Å². The molecule has 0 aliphatic carbocycles. The van der Waals surface area contributed by atoms with E-state index in [-0.39, 0.29) is 6.03 Å². The van der Waals surface area contributed by atoms with E-state index in [4.69, 9.17) is 5.10 Å². The summed E-state index contributed by atoms with van der Waals surface area (Å²) in [7, 11) is 0. The van der Waals surface area contributed by atoms with E-state index in [2.05, 4.69) is 36.0 Å². The zero-order valence-electron chi connectivity index (χ0n) is 18.0. The molecule has 7 nitrogen and oxygen atoms in total. The Morgan fingerprint density at radius 3 is 2.40 bits per heavy atom. The van der Waals surface area contributed by atoms with Gasteiger partial charge in [0.05, 0.1) is 17.1 Å². The number of piperazine rings is 1. The number of rotatable bonds is 3. The minimum Gasteiger partial charge on any atom is -0.365 e. The predicted octanol–water partition coefficient (Wildman–Crippen LogP) is 3.86. The summed E-state index contributed by atoms with van der Waals surface area (Å²) in [5.41, 5.74) is 6.42. The van der Waals surface area contributed by atoms with Crippen molar-refractivity contribution in [1.82, 2.24) is 19.7 Å². The first kappa shape index (κ1) is 19.9. The molecule has 156 valence electrons. The van der Waals surface area contributed by atoms with Crippen LogP contribution >= 0.6 is 0 Å². The molecule has 0 atom stereocenters. The van der Waals surface area contributed by atoms with Crippen LogP contribution in [0.2, 0.25) is 0 Å². The van der Waals surface area contributed by atoms with Gasteiger partial charge in [-0.1, -0.05) is 12.1 Å². The van der Waals surface area contributed by atoms with Crippen molar-refractivity contribution in [2.24, 2.45) is 0 Å². The van der Waals surface area contributed by atoms with Crippen molar-refractivity contribution in [2.45, 2.75) is 27.7 Å². The van der Waals surface area contributed by atoms with Gasteiger partial charge in [0, 0.05) is 38.1 Å². The second-order valence-electron chi connectivity index (χ2n) is 7.82. The van der Waals surface area contributed by atoms with Gasteiger partial charge in [-0.3, -0.25) is 0 Å². The lowest BCUT2D eigenvalue weighted by Gasteiger charge is -2.36. The molecule has 1 aliphatic rings. The topological polar surface area (TPSA) is 66.3 Å². The number of nitrogens with one attached hydrogen (secondary N) is 1. The third-order valence-electron chi connectivity index (χ3n) is 5.76. The van der Waals surface area contributed by atoms with E-state index in [0.29, 0.717) is 13.1 Å². The highest BCUT2D eigenvalue weighted by atomic mass is 16.2. The number of pyridine rings is 1. The largest absolute Gasteiger partial charge is 0.365 e. The maximum atomic E-state index is 12.7. The number of aryl methyl sites for hydroxylation is 3. The van der Waals surface area contributed by atoms with Crippen molar-refractivity contribution in [1.29, 1.82) is 0 Å². The Morgan fingerprint density at radius 1 is 0.967 bits per heavy atom. The first-order chi connectivity index (χ1) is 14.4. The van der Waals surface area contributed by atoms with Crippen molar-refractivity contribution in [3.63, 3.8) is 0 Å². The predicted molar refractivity (Wildman–Crippen MR) is 120 cm³/mol. The average molecular weight is 405 g/mol. The molecular weight excluding hydrogens is 376 g/mol. The van der Waals surface area contributed by atoms with Gasteiger partial charge < -0.3 is 15.1 Å². The summed E-state index contributed by atoms with van der Waals surface area (Å²) < 4.78 is 1.89. The quantitative estimate of drug-likeness (QED) is 0.720. The Balaban J connectivity index is 1.43. The number of hydrogen-bond donors (Lipinski definition) is 1. The number of anilines is 2. The van der Waals surface area contributed by atoms with E-state index < -0.39 is 0 Å². The molecule has 3 aromatic rings. The van der Waals surface area contributed by atoms with Crippen LogP contribution in [-0.4, -0.2) is 51.9 Å². The standard InChI is InChI=1S/C23H28N6O/c1-16-8-9-20(15-17(16)2)25-23(30)28-13-11-27(12-14-28)22-18(3)26-29(19(22)4)21-7-5-6-10-24-21/h5-10,15H,11-14H2,1-4H3,(H,25,30). The number of hydrogen-bond acceptors (Lipinski definition) is 4. The van der Waals surface area contributed by atoms with Crippen molar-refractivity contribution in [2.75, 3.05) is 36.4 Å². The van der Waals surface area contributed by atoms with Gasteiger partial charge in [0.15, 0.2) is 5.82 Å². The molecule has 0 unspecified atom stereocenters. The molecule has 2 amide bonds. The van der Waals surface area contributed by atoms with Crippen molar-refractivity contribution in [3.05, 3.63) is 65.1 Å². The molecule has 1 aromatic carbocycles. The molecule has 0 bridgehead atoms. The van der Waals surface area contributed by atoms with E-state index >= 15 is 0 Å². The van der Waals surface area contributed by atoms with E-state index in [1.165, 1.54) is 11.1 Å². The first-order valence-corrected chi connectivity index (χ1v) is 10.3. The Morgan fingerprint density at radius 2 is 1.73 bits per heavy atom. The molecule has 30 heavy (non-hydrogen) atoms. The van der Waals surface area contributed by atoms with E-state index in [1.807, 2.05) is 52.9 Å². The van der Waals surface area contributed by atoms with Gasteiger partial charge in [-0.2, -0.15) is 5.10 Å². The third kappa shape index (κ3) is 3.87. The van der Waals surface area contributed by atoms with Gasteiger partial charge in [-0.25, -0.2) is 14.5 Å². The first-order valence-electron chi connectivity index (χ1n) is 10.3. The van der Waals surface area contributed by atoms with Gasteiger partial charge in [0.25, 0.3) is 0 Å². The monoisotopic (exact) mass is 404 g/mol. The molecule has 0 saturated carbocycles. The Kier molecular flexibility index (Phi) is 5.44. The highest BCUT2D eigenvalue weighted by Crippen LogP contribution is 2.27. The maximum Gasteiger partial charge on any atom is 0.321 e. The van der Waals surface area contributed by atoms with Gasteiger partial charge in [0.2, 0.25) is 0 Å². The summed E-state index contributed by atoms with van der Waals surface area (Å²) >= 11 is 0. The molecule has 4 rings (SSSR count). The van der Waals surface area contributed by atoms with E-state index in [0.717, 1.165) is 41.7 Å². The summed E-state index contributed by atoms with van der Waals surface area (Å²) in [5.74, 6) is 0.816. The molecule has 1 saturated heterocycles. The fourth-order valence-electron chi connectivity index (χ4n) is 3.95. The molecular formula is C23H28N6O. The van der Waals surface area contributed by atoms with Gasteiger partial charge in [0.1, 0.15) is 0 Å². The van der Waals surface area contributed by atoms with E-state index in [9.17, 15) is 4.79 Å². The molecule has 3 heterocycles. The Bertz CT molecular complexity index is 1050. The van der Waals surface area contributed by atoms with Crippen molar-refractivity contribution in [3.8, 4) is 5.82 Å². The number of aromatic nitrogens is 3. The molecule has 1 N–H and O–H groups in total. The second-order valence-corrected chi connectivity index (χ2v) is 7.82. The summed E-state index contributed by atoms with van der Waals surface area (Å²) in [6, 6.07) is 11.8. The smallest absolute Gasteiger partial charge is 0.321 e. The number of carbonyl (C=O) groups excluding carboxylic acids is 1. The number of nitrogens with zero attached hydrogens (tertiary/aromatic N) is 5. The van der Waals surface area contributed by atoms with Gasteiger partial charge in [-0.05, 0) is 63.1 Å². The summed E-state index contributed by atoms with van der Waals surface area (Å²) in [6.07, 6.45) is 1.78. The Hall–Kier alpha value is -3.35. The minimum atomic E-state index is -0.0458. The minimum absolute atomic E-state index is 0.0458. The molecule has 7 heteroatoms. The summed E-state index contributed by atoms with van der Waals surface area (Å²) in [6.45, 7) is 11.1. The molecule has 0 radical (unpaired) electrons. The van der Waals surface area contributed by atoms with Crippen LogP contribution in [0.1, 0.15) is 22.5 Å². The summed E-state index contributed by atoms with van der Waals surface area (Å²) in [5, 5.41) is 7.73. The number of urea groups is 1. The highest BCUT2D eigenvalue weighted by molar-refractivity contribution is 5.89. The lowest BCUT2D eigenvalue weighted by atomic mass is 10.1. The van der Waals surface area contributed by atoms with Gasteiger partial charge in [-0.15, -0.1) is 0 Å².